The molecule has 0 aliphatic rings. The zero-order chi connectivity index (χ0) is 52.2. The maximum absolute atomic E-state index is 12.8. The molecule has 0 saturated heterocycles. The second-order valence-electron chi connectivity index (χ2n) is 18.8. The van der Waals surface area contributed by atoms with E-state index >= 15 is 0 Å². The summed E-state index contributed by atoms with van der Waals surface area (Å²) in [6.07, 6.45) is 83.2. The SMILES string of the molecule is CC/C=C\C/C=C\C/C=C\C/C=C\C/C=C\C/C=C\C/C=C\C/C=C\C/C=C\CCCCCC(=O)OCC(COC(=O)CCCCCCCCCC)OC(=O)CCCCCCC/C=C\C/C=C\CCCCC. The fourth-order valence-electron chi connectivity index (χ4n) is 7.52. The van der Waals surface area contributed by atoms with Gasteiger partial charge in [0.2, 0.25) is 0 Å². The molecule has 0 aliphatic carbocycles. The molecule has 6 heteroatoms. The zero-order valence-electron chi connectivity index (χ0n) is 46.4. The van der Waals surface area contributed by atoms with Crippen molar-refractivity contribution in [1.82, 2.24) is 0 Å². The van der Waals surface area contributed by atoms with Gasteiger partial charge in [0.05, 0.1) is 0 Å². The van der Waals surface area contributed by atoms with Crippen molar-refractivity contribution in [2.75, 3.05) is 13.2 Å². The van der Waals surface area contributed by atoms with Crippen LogP contribution in [0, 0.1) is 0 Å². The molecule has 0 spiro atoms. The van der Waals surface area contributed by atoms with Crippen LogP contribution in [-0.2, 0) is 28.6 Å². The van der Waals surface area contributed by atoms with Crippen LogP contribution >= 0.6 is 0 Å². The Kier molecular flexibility index (Phi) is 55.5. The van der Waals surface area contributed by atoms with Crippen molar-refractivity contribution in [3.05, 3.63) is 134 Å². The van der Waals surface area contributed by atoms with Crippen LogP contribution in [0.1, 0.15) is 245 Å². The molecule has 0 N–H and O–H groups in total. The number of ether oxygens (including phenoxy) is 3. The zero-order valence-corrected chi connectivity index (χ0v) is 46.4. The fourth-order valence-corrected chi connectivity index (χ4v) is 7.52. The molecule has 0 rings (SSSR count). The highest BCUT2D eigenvalue weighted by Gasteiger charge is 2.19. The lowest BCUT2D eigenvalue weighted by Gasteiger charge is -2.18. The Bertz CT molecular complexity index is 1560. The lowest BCUT2D eigenvalue weighted by atomic mass is 10.1. The number of unbranched alkanes of at least 4 members (excludes halogenated alkanes) is 18. The van der Waals surface area contributed by atoms with Crippen molar-refractivity contribution in [1.29, 1.82) is 0 Å². The van der Waals surface area contributed by atoms with Crippen LogP contribution in [0.5, 0.6) is 0 Å². The minimum absolute atomic E-state index is 0.0969. The highest BCUT2D eigenvalue weighted by molar-refractivity contribution is 5.71. The van der Waals surface area contributed by atoms with Gasteiger partial charge in [-0.25, -0.2) is 0 Å². The van der Waals surface area contributed by atoms with Crippen LogP contribution in [0.3, 0.4) is 0 Å². The average molecular weight is 996 g/mol. The number of allylic oxidation sites excluding steroid dienone is 22. The maximum Gasteiger partial charge on any atom is 0.306 e. The molecule has 0 radical (unpaired) electrons. The van der Waals surface area contributed by atoms with Gasteiger partial charge in [0.25, 0.3) is 0 Å². The molecule has 0 aromatic carbocycles. The van der Waals surface area contributed by atoms with Gasteiger partial charge in [0.1, 0.15) is 13.2 Å². The largest absolute Gasteiger partial charge is 0.462 e. The molecule has 0 saturated carbocycles. The smallest absolute Gasteiger partial charge is 0.306 e. The Balaban J connectivity index is 4.30. The van der Waals surface area contributed by atoms with Crippen molar-refractivity contribution in [3.8, 4) is 0 Å². The summed E-state index contributed by atoms with van der Waals surface area (Å²) in [5.41, 5.74) is 0. The summed E-state index contributed by atoms with van der Waals surface area (Å²) in [6.45, 7) is 6.42. The monoisotopic (exact) mass is 995 g/mol. The van der Waals surface area contributed by atoms with E-state index in [1.54, 1.807) is 0 Å². The Morgan fingerprint density at radius 1 is 0.292 bits per heavy atom. The van der Waals surface area contributed by atoms with Crippen molar-refractivity contribution in [3.63, 3.8) is 0 Å². The quantitative estimate of drug-likeness (QED) is 0.0261. The average Bonchev–Trinajstić information content (AvgIpc) is 3.38. The molecule has 1 unspecified atom stereocenters. The molecule has 0 amide bonds. The number of carbonyl (C=O) groups excluding carboxylic acids is 3. The number of rotatable bonds is 51. The highest BCUT2D eigenvalue weighted by Crippen LogP contribution is 2.13. The summed E-state index contributed by atoms with van der Waals surface area (Å²) >= 11 is 0. The first kappa shape index (κ1) is 67.5. The van der Waals surface area contributed by atoms with Crippen LogP contribution < -0.4 is 0 Å². The standard InChI is InChI=1S/C66H106O6/c1-4-7-10-13-16-19-21-23-25-26-27-28-29-30-31-32-33-34-35-36-37-38-39-40-42-43-45-47-50-53-56-59-65(68)71-62-63(61-70-64(67)58-55-52-49-18-15-12-9-6-3)72-66(69)60-57-54-51-48-46-44-41-24-22-20-17-14-11-8-5-2/h7,10,16-17,19-20,23-25,27-28,30-31,33-34,36-37,39-41,43,45,63H,4-6,8-9,11-15,18,21-22,26,29,32,35,38,42,44,46-62H2,1-3H3/b10-7-,19-16-,20-17-,25-23-,28-27-,31-30-,34-33-,37-36-,40-39-,41-24-,45-43-. The molecule has 1 atom stereocenters. The minimum Gasteiger partial charge on any atom is -0.462 e. The summed E-state index contributed by atoms with van der Waals surface area (Å²) < 4.78 is 16.7. The first-order chi connectivity index (χ1) is 35.5. The number of carbonyl (C=O) groups is 3. The normalized spacial score (nSPS) is 13.1. The Morgan fingerprint density at radius 2 is 0.542 bits per heavy atom. The fraction of sp³-hybridized carbons (Fsp3) is 0.621. The van der Waals surface area contributed by atoms with E-state index in [4.69, 9.17) is 14.2 Å². The Hall–Kier alpha value is -4.45. The lowest BCUT2D eigenvalue weighted by Crippen LogP contribution is -2.30. The van der Waals surface area contributed by atoms with Crippen molar-refractivity contribution >= 4 is 17.9 Å². The molecule has 0 aromatic heterocycles. The molecule has 0 fully saturated rings. The lowest BCUT2D eigenvalue weighted by molar-refractivity contribution is -0.167. The van der Waals surface area contributed by atoms with Gasteiger partial charge in [0.15, 0.2) is 6.10 Å². The topological polar surface area (TPSA) is 78.9 Å². The third kappa shape index (κ3) is 56.5. The van der Waals surface area contributed by atoms with Gasteiger partial charge >= 0.3 is 17.9 Å². The number of hydrogen-bond donors (Lipinski definition) is 0. The van der Waals surface area contributed by atoms with Gasteiger partial charge in [-0.05, 0) is 122 Å². The van der Waals surface area contributed by atoms with Crippen molar-refractivity contribution in [2.24, 2.45) is 0 Å². The summed E-state index contributed by atoms with van der Waals surface area (Å²) in [5, 5.41) is 0. The Labute approximate surface area is 443 Å². The van der Waals surface area contributed by atoms with E-state index in [-0.39, 0.29) is 31.1 Å². The van der Waals surface area contributed by atoms with Crippen LogP contribution in [0.25, 0.3) is 0 Å². The Morgan fingerprint density at radius 3 is 0.889 bits per heavy atom. The molecule has 6 nitrogen and oxygen atoms in total. The molecule has 406 valence electrons. The predicted octanol–water partition coefficient (Wildman–Crippen LogP) is 19.8. The third-order valence-electron chi connectivity index (χ3n) is 11.9. The minimum atomic E-state index is -0.800. The van der Waals surface area contributed by atoms with Gasteiger partial charge < -0.3 is 14.2 Å². The summed E-state index contributed by atoms with van der Waals surface area (Å²) in [5.74, 6) is -0.955. The molecular weight excluding hydrogens is 889 g/mol. The van der Waals surface area contributed by atoms with E-state index in [9.17, 15) is 14.4 Å². The van der Waals surface area contributed by atoms with Crippen LogP contribution in [0.2, 0.25) is 0 Å². The molecule has 72 heavy (non-hydrogen) atoms. The van der Waals surface area contributed by atoms with Gasteiger partial charge in [-0.3, -0.25) is 14.4 Å². The molecule has 0 aromatic rings. The third-order valence-corrected chi connectivity index (χ3v) is 11.9. The van der Waals surface area contributed by atoms with Crippen LogP contribution in [-0.4, -0.2) is 37.2 Å². The first-order valence-corrected chi connectivity index (χ1v) is 29.2. The molecular formula is C66H106O6. The summed E-state index contributed by atoms with van der Waals surface area (Å²) in [7, 11) is 0. The van der Waals surface area contributed by atoms with E-state index in [0.717, 1.165) is 148 Å². The van der Waals surface area contributed by atoms with E-state index in [2.05, 4.69) is 154 Å². The summed E-state index contributed by atoms with van der Waals surface area (Å²) in [4.78, 5) is 38.0. The van der Waals surface area contributed by atoms with E-state index < -0.39 is 6.10 Å². The molecule has 0 heterocycles. The van der Waals surface area contributed by atoms with E-state index in [1.807, 2.05) is 0 Å². The maximum atomic E-state index is 12.8. The van der Waals surface area contributed by atoms with Crippen LogP contribution in [0.15, 0.2) is 134 Å². The predicted molar refractivity (Wildman–Crippen MR) is 311 cm³/mol. The molecule has 0 aliphatic heterocycles. The van der Waals surface area contributed by atoms with Gasteiger partial charge in [-0.15, -0.1) is 0 Å². The second kappa shape index (κ2) is 59.1. The van der Waals surface area contributed by atoms with Crippen molar-refractivity contribution in [2.45, 2.75) is 252 Å². The number of esters is 3. The summed E-state index contributed by atoms with van der Waals surface area (Å²) in [6, 6.07) is 0. The van der Waals surface area contributed by atoms with E-state index in [0.29, 0.717) is 19.3 Å². The first-order valence-electron chi connectivity index (χ1n) is 29.2. The van der Waals surface area contributed by atoms with Crippen molar-refractivity contribution < 1.29 is 28.6 Å². The number of hydrogen-bond acceptors (Lipinski definition) is 6. The van der Waals surface area contributed by atoms with Gasteiger partial charge in [0, 0.05) is 19.3 Å². The van der Waals surface area contributed by atoms with E-state index in [1.165, 1.54) is 57.8 Å². The van der Waals surface area contributed by atoms with Crippen LogP contribution in [0.4, 0.5) is 0 Å². The van der Waals surface area contributed by atoms with Gasteiger partial charge in [-0.1, -0.05) is 238 Å². The van der Waals surface area contributed by atoms with Gasteiger partial charge in [-0.2, -0.15) is 0 Å². The molecule has 0 bridgehead atoms. The highest BCUT2D eigenvalue weighted by atomic mass is 16.6. The second-order valence-corrected chi connectivity index (χ2v) is 18.8.